The van der Waals surface area contributed by atoms with Gasteiger partial charge in [-0.05, 0) is 36.8 Å². The Balaban J connectivity index is 1.87. The van der Waals surface area contributed by atoms with Crippen LogP contribution in [0.15, 0.2) is 47.1 Å². The highest BCUT2D eigenvalue weighted by Crippen LogP contribution is 2.24. The van der Waals surface area contributed by atoms with Crippen molar-refractivity contribution in [2.24, 2.45) is 0 Å². The van der Waals surface area contributed by atoms with E-state index in [1.165, 1.54) is 35.4 Å². The van der Waals surface area contributed by atoms with Gasteiger partial charge in [-0.3, -0.25) is 4.79 Å². The maximum absolute atomic E-state index is 13.0. The molecule has 9 heteroatoms. The molecule has 6 nitrogen and oxygen atoms in total. The smallest absolute Gasteiger partial charge is 0.387 e. The molecule has 2 heterocycles. The number of sulfone groups is 1. The second kappa shape index (κ2) is 7.45. The molecule has 3 rings (SSSR count). The SMILES string of the molecule is O=C(c1cccc(OC(F)F)c1)N(Cc1ccco1)[C@H]1CCS(=O)(=O)C1. The van der Waals surface area contributed by atoms with Crippen LogP contribution in [0.2, 0.25) is 0 Å². The highest BCUT2D eigenvalue weighted by molar-refractivity contribution is 7.91. The number of halogens is 2. The minimum atomic E-state index is -3.21. The molecule has 1 aliphatic rings. The van der Waals surface area contributed by atoms with Crippen molar-refractivity contribution in [2.75, 3.05) is 11.5 Å². The average molecular weight is 385 g/mol. The first-order chi connectivity index (χ1) is 12.3. The summed E-state index contributed by atoms with van der Waals surface area (Å²) in [5.74, 6) is -0.227. The van der Waals surface area contributed by atoms with Gasteiger partial charge in [0.2, 0.25) is 0 Å². The Morgan fingerprint density at radius 2 is 2.12 bits per heavy atom. The summed E-state index contributed by atoms with van der Waals surface area (Å²) in [7, 11) is -3.21. The van der Waals surface area contributed by atoms with Crippen molar-refractivity contribution in [2.45, 2.75) is 25.6 Å². The molecule has 0 N–H and O–H groups in total. The quantitative estimate of drug-likeness (QED) is 0.764. The number of benzene rings is 1. The number of ether oxygens (including phenoxy) is 1. The summed E-state index contributed by atoms with van der Waals surface area (Å²) in [5.41, 5.74) is 0.138. The Bertz CT molecular complexity index is 867. The second-order valence-corrected chi connectivity index (χ2v) is 8.20. The minimum absolute atomic E-state index is 0.00807. The van der Waals surface area contributed by atoms with Crippen molar-refractivity contribution in [3.8, 4) is 5.75 Å². The molecule has 1 fully saturated rings. The van der Waals surface area contributed by atoms with Gasteiger partial charge in [-0.1, -0.05) is 6.07 Å². The van der Waals surface area contributed by atoms with Crippen LogP contribution in [-0.4, -0.2) is 43.4 Å². The Kier molecular flexibility index (Phi) is 5.26. The van der Waals surface area contributed by atoms with E-state index in [-0.39, 0.29) is 29.4 Å². The third kappa shape index (κ3) is 4.40. The van der Waals surface area contributed by atoms with Gasteiger partial charge >= 0.3 is 6.61 Å². The Morgan fingerprint density at radius 1 is 1.31 bits per heavy atom. The van der Waals surface area contributed by atoms with Crippen molar-refractivity contribution < 1.29 is 31.1 Å². The number of carbonyl (C=O) groups excluding carboxylic acids is 1. The van der Waals surface area contributed by atoms with Gasteiger partial charge < -0.3 is 14.1 Å². The number of furan rings is 1. The van der Waals surface area contributed by atoms with Gasteiger partial charge in [0.25, 0.3) is 5.91 Å². The zero-order valence-electron chi connectivity index (χ0n) is 13.7. The van der Waals surface area contributed by atoms with Gasteiger partial charge in [0, 0.05) is 11.6 Å². The first-order valence-corrected chi connectivity index (χ1v) is 9.75. The van der Waals surface area contributed by atoms with Gasteiger partial charge in [0.1, 0.15) is 11.5 Å². The number of rotatable bonds is 6. The Labute approximate surface area is 149 Å². The molecule has 26 heavy (non-hydrogen) atoms. The molecule has 0 unspecified atom stereocenters. The van der Waals surface area contributed by atoms with Crippen LogP contribution in [-0.2, 0) is 16.4 Å². The number of carbonyl (C=O) groups is 1. The van der Waals surface area contributed by atoms with E-state index >= 15 is 0 Å². The molecular formula is C17H17F2NO5S. The number of hydrogen-bond donors (Lipinski definition) is 0. The number of hydrogen-bond acceptors (Lipinski definition) is 5. The maximum Gasteiger partial charge on any atom is 0.387 e. The van der Waals surface area contributed by atoms with Crippen LogP contribution < -0.4 is 4.74 Å². The summed E-state index contributed by atoms with van der Waals surface area (Å²) >= 11 is 0. The lowest BCUT2D eigenvalue weighted by Gasteiger charge is -2.27. The third-order valence-electron chi connectivity index (χ3n) is 4.12. The number of alkyl halides is 2. The molecule has 140 valence electrons. The standard InChI is InChI=1S/C17H17F2NO5S/c18-17(19)25-14-4-1-3-12(9-14)16(21)20(10-15-5-2-7-24-15)13-6-8-26(22,23)11-13/h1-5,7,9,13,17H,6,8,10-11H2/t13-/m0/s1. The van der Waals surface area contributed by atoms with E-state index in [4.69, 9.17) is 4.42 Å². The van der Waals surface area contributed by atoms with E-state index in [1.807, 2.05) is 0 Å². The van der Waals surface area contributed by atoms with Gasteiger partial charge in [0.05, 0.1) is 24.3 Å². The molecule has 0 spiro atoms. The lowest BCUT2D eigenvalue weighted by atomic mass is 10.1. The predicted molar refractivity (Wildman–Crippen MR) is 88.7 cm³/mol. The highest BCUT2D eigenvalue weighted by Gasteiger charge is 2.35. The van der Waals surface area contributed by atoms with Crippen LogP contribution in [0.5, 0.6) is 5.75 Å². The van der Waals surface area contributed by atoms with Crippen molar-refractivity contribution >= 4 is 15.7 Å². The molecule has 1 aromatic carbocycles. The van der Waals surface area contributed by atoms with Crippen molar-refractivity contribution in [3.05, 3.63) is 54.0 Å². The van der Waals surface area contributed by atoms with E-state index < -0.39 is 28.4 Å². The van der Waals surface area contributed by atoms with Gasteiger partial charge in [0.15, 0.2) is 9.84 Å². The van der Waals surface area contributed by atoms with E-state index in [0.29, 0.717) is 12.2 Å². The van der Waals surface area contributed by atoms with Crippen molar-refractivity contribution in [1.29, 1.82) is 0 Å². The van der Waals surface area contributed by atoms with Gasteiger partial charge in [-0.15, -0.1) is 0 Å². The van der Waals surface area contributed by atoms with Crippen LogP contribution in [0.3, 0.4) is 0 Å². The number of amides is 1. The molecule has 1 amide bonds. The largest absolute Gasteiger partial charge is 0.467 e. The summed E-state index contributed by atoms with van der Waals surface area (Å²) in [6.45, 7) is -2.91. The average Bonchev–Trinajstić information content (AvgIpc) is 3.21. The highest BCUT2D eigenvalue weighted by atomic mass is 32.2. The van der Waals surface area contributed by atoms with Crippen LogP contribution in [0.4, 0.5) is 8.78 Å². The van der Waals surface area contributed by atoms with E-state index in [9.17, 15) is 22.0 Å². The Hall–Kier alpha value is -2.42. The zero-order chi connectivity index (χ0) is 18.7. The first-order valence-electron chi connectivity index (χ1n) is 7.93. The summed E-state index contributed by atoms with van der Waals surface area (Å²) in [4.78, 5) is 14.4. The van der Waals surface area contributed by atoms with Gasteiger partial charge in [-0.25, -0.2) is 8.42 Å². The van der Waals surface area contributed by atoms with Crippen LogP contribution in [0.25, 0.3) is 0 Å². The van der Waals surface area contributed by atoms with E-state index in [0.717, 1.165) is 0 Å². The van der Waals surface area contributed by atoms with Crippen LogP contribution >= 0.6 is 0 Å². The van der Waals surface area contributed by atoms with Crippen molar-refractivity contribution in [3.63, 3.8) is 0 Å². The molecule has 1 aromatic heterocycles. The monoisotopic (exact) mass is 385 g/mol. The fourth-order valence-corrected chi connectivity index (χ4v) is 4.66. The first kappa shape index (κ1) is 18.4. The third-order valence-corrected chi connectivity index (χ3v) is 5.87. The van der Waals surface area contributed by atoms with Crippen molar-refractivity contribution in [1.82, 2.24) is 4.90 Å². The van der Waals surface area contributed by atoms with E-state index in [1.54, 1.807) is 12.1 Å². The summed E-state index contributed by atoms with van der Waals surface area (Å²) in [5, 5.41) is 0. The lowest BCUT2D eigenvalue weighted by molar-refractivity contribution is -0.0499. The van der Waals surface area contributed by atoms with E-state index in [2.05, 4.69) is 4.74 Å². The second-order valence-electron chi connectivity index (χ2n) is 5.98. The summed E-state index contributed by atoms with van der Waals surface area (Å²) in [6, 6.07) is 8.28. The summed E-state index contributed by atoms with van der Waals surface area (Å²) < 4.78 is 58.0. The zero-order valence-corrected chi connectivity index (χ0v) is 14.5. The molecule has 0 aliphatic carbocycles. The molecule has 1 saturated heterocycles. The van der Waals surface area contributed by atoms with Crippen LogP contribution in [0, 0.1) is 0 Å². The molecule has 1 aliphatic heterocycles. The molecule has 0 bridgehead atoms. The Morgan fingerprint density at radius 3 is 2.73 bits per heavy atom. The molecule has 0 radical (unpaired) electrons. The molecule has 0 saturated carbocycles. The molecule has 1 atom stereocenters. The summed E-state index contributed by atoms with van der Waals surface area (Å²) in [6.07, 6.45) is 1.78. The molecular weight excluding hydrogens is 368 g/mol. The normalized spacial score (nSPS) is 18.8. The minimum Gasteiger partial charge on any atom is -0.467 e. The maximum atomic E-state index is 13.0. The topological polar surface area (TPSA) is 76.8 Å². The van der Waals surface area contributed by atoms with Gasteiger partial charge in [-0.2, -0.15) is 8.78 Å². The lowest BCUT2D eigenvalue weighted by Crippen LogP contribution is -2.40. The predicted octanol–water partition coefficient (Wildman–Crippen LogP) is 2.71. The fourth-order valence-electron chi connectivity index (χ4n) is 2.93. The number of nitrogens with zero attached hydrogens (tertiary/aromatic N) is 1. The van der Waals surface area contributed by atoms with Crippen LogP contribution in [0.1, 0.15) is 22.5 Å². The molecule has 2 aromatic rings. The fraction of sp³-hybridized carbons (Fsp3) is 0.353.